The third-order valence-corrected chi connectivity index (χ3v) is 2.96. The lowest BCUT2D eigenvalue weighted by Gasteiger charge is -2.02. The highest BCUT2D eigenvalue weighted by Gasteiger charge is 2.18. The van der Waals surface area contributed by atoms with Gasteiger partial charge in [0.15, 0.2) is 17.8 Å². The molecule has 0 radical (unpaired) electrons. The number of aromatic nitrogens is 1. The Morgan fingerprint density at radius 2 is 1.95 bits per heavy atom. The normalized spacial score (nSPS) is 10.6. The van der Waals surface area contributed by atoms with Crippen LogP contribution in [0.15, 0.2) is 53.3 Å². The monoisotopic (exact) mass is 253 g/mol. The molecule has 19 heavy (non-hydrogen) atoms. The summed E-state index contributed by atoms with van der Waals surface area (Å²) in [6.45, 7) is 0. The maximum Gasteiger partial charge on any atom is 0.360 e. The molecule has 0 saturated carbocycles. The zero-order valence-electron chi connectivity index (χ0n) is 10.3. The molecule has 0 spiro atoms. The predicted octanol–water partition coefficient (Wildman–Crippen LogP) is 3.28. The van der Waals surface area contributed by atoms with Gasteiger partial charge >= 0.3 is 5.97 Å². The van der Waals surface area contributed by atoms with Crippen LogP contribution >= 0.6 is 0 Å². The Balaban J connectivity index is 2.14. The Bertz CT molecular complexity index is 746. The van der Waals surface area contributed by atoms with Crippen LogP contribution in [-0.2, 0) is 4.74 Å². The molecule has 0 unspecified atom stereocenters. The van der Waals surface area contributed by atoms with Gasteiger partial charge in [-0.3, -0.25) is 0 Å². The molecular weight excluding hydrogens is 242 g/mol. The number of oxazole rings is 1. The average molecular weight is 253 g/mol. The fourth-order valence-electron chi connectivity index (χ4n) is 2.02. The summed E-state index contributed by atoms with van der Waals surface area (Å²) in [7, 11) is 1.32. The van der Waals surface area contributed by atoms with Crippen molar-refractivity contribution < 1.29 is 13.9 Å². The van der Waals surface area contributed by atoms with E-state index in [0.717, 1.165) is 16.3 Å². The minimum absolute atomic E-state index is 0.192. The van der Waals surface area contributed by atoms with E-state index in [9.17, 15) is 4.79 Å². The molecule has 2 aromatic carbocycles. The summed E-state index contributed by atoms with van der Waals surface area (Å²) in [5, 5.41) is 2.21. The number of rotatable bonds is 2. The van der Waals surface area contributed by atoms with Gasteiger partial charge in [0.2, 0.25) is 0 Å². The van der Waals surface area contributed by atoms with Gasteiger partial charge in [0.25, 0.3) is 0 Å². The second-order valence-corrected chi connectivity index (χ2v) is 4.08. The Morgan fingerprint density at radius 3 is 2.74 bits per heavy atom. The fraction of sp³-hybridized carbons (Fsp3) is 0.0667. The molecule has 4 nitrogen and oxygen atoms in total. The zero-order chi connectivity index (χ0) is 13.2. The number of nitrogens with zero attached hydrogens (tertiary/aromatic N) is 1. The Labute approximate surface area is 109 Å². The van der Waals surface area contributed by atoms with Crippen molar-refractivity contribution in [1.29, 1.82) is 0 Å². The second-order valence-electron chi connectivity index (χ2n) is 4.08. The van der Waals surface area contributed by atoms with Crippen LogP contribution in [0.25, 0.3) is 22.1 Å². The number of carbonyl (C=O) groups is 1. The van der Waals surface area contributed by atoms with Crippen molar-refractivity contribution >= 4 is 16.7 Å². The van der Waals surface area contributed by atoms with Crippen molar-refractivity contribution in [2.75, 3.05) is 7.11 Å². The maximum atomic E-state index is 11.6. The van der Waals surface area contributed by atoms with Crippen LogP contribution in [0.4, 0.5) is 0 Å². The number of fused-ring (bicyclic) bond motifs is 1. The molecule has 0 atom stereocenters. The van der Waals surface area contributed by atoms with Crippen LogP contribution < -0.4 is 0 Å². The number of hydrogen-bond acceptors (Lipinski definition) is 4. The molecule has 0 N–H and O–H groups in total. The highest BCUT2D eigenvalue weighted by Crippen LogP contribution is 2.27. The first-order valence-corrected chi connectivity index (χ1v) is 5.80. The molecule has 1 heterocycles. The van der Waals surface area contributed by atoms with Crippen LogP contribution in [0.3, 0.4) is 0 Å². The Hall–Kier alpha value is -2.62. The predicted molar refractivity (Wildman–Crippen MR) is 70.8 cm³/mol. The van der Waals surface area contributed by atoms with Crippen molar-refractivity contribution in [2.24, 2.45) is 0 Å². The smallest absolute Gasteiger partial charge is 0.360 e. The third kappa shape index (κ3) is 1.97. The van der Waals surface area contributed by atoms with Crippen molar-refractivity contribution in [3.05, 3.63) is 54.6 Å². The molecule has 0 bridgehead atoms. The Kier molecular flexibility index (Phi) is 2.76. The molecule has 0 aliphatic heterocycles. The zero-order valence-corrected chi connectivity index (χ0v) is 10.3. The van der Waals surface area contributed by atoms with Gasteiger partial charge in [0.05, 0.1) is 7.11 Å². The van der Waals surface area contributed by atoms with E-state index < -0.39 is 5.97 Å². The highest BCUT2D eigenvalue weighted by molar-refractivity contribution is 5.95. The van der Waals surface area contributed by atoms with E-state index in [1.807, 2.05) is 42.5 Å². The van der Waals surface area contributed by atoms with Crippen molar-refractivity contribution in [2.45, 2.75) is 0 Å². The molecule has 0 amide bonds. The van der Waals surface area contributed by atoms with Crippen LogP contribution in [-0.4, -0.2) is 18.1 Å². The summed E-state index contributed by atoms with van der Waals surface area (Å²) < 4.78 is 9.99. The lowest BCUT2D eigenvalue weighted by molar-refractivity contribution is 0.0595. The lowest BCUT2D eigenvalue weighted by atomic mass is 10.0. The first-order valence-electron chi connectivity index (χ1n) is 5.80. The fourth-order valence-corrected chi connectivity index (χ4v) is 2.02. The SMILES string of the molecule is COC(=O)c1ncoc1-c1ccc2ccccc2c1. The van der Waals surface area contributed by atoms with Gasteiger partial charge in [-0.05, 0) is 16.8 Å². The minimum Gasteiger partial charge on any atom is -0.464 e. The number of esters is 1. The van der Waals surface area contributed by atoms with Crippen LogP contribution in [0.1, 0.15) is 10.5 Å². The molecule has 0 aliphatic rings. The molecule has 3 rings (SSSR count). The molecular formula is C15H11NO3. The van der Waals surface area contributed by atoms with Gasteiger partial charge in [-0.15, -0.1) is 0 Å². The summed E-state index contributed by atoms with van der Waals surface area (Å²) in [5.74, 6) is -0.0745. The summed E-state index contributed by atoms with van der Waals surface area (Å²) in [5.41, 5.74) is 0.995. The Morgan fingerprint density at radius 1 is 1.16 bits per heavy atom. The van der Waals surface area contributed by atoms with E-state index in [0.29, 0.717) is 5.76 Å². The van der Waals surface area contributed by atoms with E-state index in [1.165, 1.54) is 13.5 Å². The first-order chi connectivity index (χ1) is 9.29. The standard InChI is InChI=1S/C15H11NO3/c1-18-15(17)13-14(19-9-16-13)12-7-6-10-4-2-3-5-11(10)8-12/h2-9H,1H3. The van der Waals surface area contributed by atoms with Crippen LogP contribution in [0.5, 0.6) is 0 Å². The van der Waals surface area contributed by atoms with E-state index in [4.69, 9.17) is 4.42 Å². The van der Waals surface area contributed by atoms with Crippen molar-refractivity contribution in [3.8, 4) is 11.3 Å². The minimum atomic E-state index is -0.503. The third-order valence-electron chi connectivity index (χ3n) is 2.96. The van der Waals surface area contributed by atoms with Crippen molar-refractivity contribution in [1.82, 2.24) is 4.98 Å². The maximum absolute atomic E-state index is 11.6. The largest absolute Gasteiger partial charge is 0.464 e. The number of ether oxygens (including phenoxy) is 1. The summed E-state index contributed by atoms with van der Waals surface area (Å²) in [4.78, 5) is 15.5. The lowest BCUT2D eigenvalue weighted by Crippen LogP contribution is -2.03. The average Bonchev–Trinajstić information content (AvgIpc) is 2.95. The van der Waals surface area contributed by atoms with Crippen molar-refractivity contribution in [3.63, 3.8) is 0 Å². The highest BCUT2D eigenvalue weighted by atomic mass is 16.5. The van der Waals surface area contributed by atoms with E-state index in [-0.39, 0.29) is 5.69 Å². The molecule has 94 valence electrons. The van der Waals surface area contributed by atoms with Crippen LogP contribution in [0, 0.1) is 0 Å². The molecule has 0 aliphatic carbocycles. The van der Waals surface area contributed by atoms with Gasteiger partial charge in [-0.25, -0.2) is 9.78 Å². The number of benzene rings is 2. The van der Waals surface area contributed by atoms with Gasteiger partial charge in [0, 0.05) is 5.56 Å². The summed E-state index contributed by atoms with van der Waals surface area (Å²) >= 11 is 0. The second kappa shape index (κ2) is 4.57. The molecule has 1 aromatic heterocycles. The topological polar surface area (TPSA) is 52.3 Å². The molecule has 0 fully saturated rings. The van der Waals surface area contributed by atoms with Gasteiger partial charge in [0.1, 0.15) is 0 Å². The van der Waals surface area contributed by atoms with E-state index in [2.05, 4.69) is 9.72 Å². The molecule has 3 aromatic rings. The van der Waals surface area contributed by atoms with Crippen LogP contribution in [0.2, 0.25) is 0 Å². The first kappa shape index (κ1) is 11.5. The quantitative estimate of drug-likeness (QED) is 0.658. The number of hydrogen-bond donors (Lipinski definition) is 0. The summed E-state index contributed by atoms with van der Waals surface area (Å²) in [6.07, 6.45) is 1.25. The molecule has 4 heteroatoms. The van der Waals surface area contributed by atoms with E-state index in [1.54, 1.807) is 0 Å². The molecule has 0 saturated heterocycles. The van der Waals surface area contributed by atoms with Gasteiger partial charge < -0.3 is 9.15 Å². The number of methoxy groups -OCH3 is 1. The van der Waals surface area contributed by atoms with Gasteiger partial charge in [-0.1, -0.05) is 36.4 Å². The van der Waals surface area contributed by atoms with Gasteiger partial charge in [-0.2, -0.15) is 0 Å². The summed E-state index contributed by atoms with van der Waals surface area (Å²) in [6, 6.07) is 13.8. The van der Waals surface area contributed by atoms with E-state index >= 15 is 0 Å². The number of carbonyl (C=O) groups excluding carboxylic acids is 1.